The molecule has 12 rings (SSSR count). The van der Waals surface area contributed by atoms with Gasteiger partial charge in [0, 0.05) is 50.5 Å². The van der Waals surface area contributed by atoms with Crippen molar-refractivity contribution in [2.24, 2.45) is 0 Å². The second kappa shape index (κ2) is 15.3. The van der Waals surface area contributed by atoms with Gasteiger partial charge in [-0.2, -0.15) is 0 Å². The summed E-state index contributed by atoms with van der Waals surface area (Å²) in [6.45, 7) is 39.8. The Morgan fingerprint density at radius 1 is 0.472 bits per heavy atom. The highest BCUT2D eigenvalue weighted by molar-refractivity contribution is 7.00. The largest absolute Gasteiger partial charge is 0.335 e. The van der Waals surface area contributed by atoms with Gasteiger partial charge in [-0.15, -0.1) is 0 Å². The van der Waals surface area contributed by atoms with Crippen LogP contribution in [0.15, 0.2) is 109 Å². The zero-order chi connectivity index (χ0) is 51.1. The summed E-state index contributed by atoms with van der Waals surface area (Å²) in [5, 5.41) is 1.57. The van der Waals surface area contributed by atoms with Crippen molar-refractivity contribution in [3.05, 3.63) is 137 Å². The molecule has 6 aromatic carbocycles. The van der Waals surface area contributed by atoms with Gasteiger partial charge in [0.2, 0.25) is 0 Å². The van der Waals surface area contributed by atoms with Gasteiger partial charge in [0.1, 0.15) is 0 Å². The third kappa shape index (κ3) is 6.53. The molecule has 6 aromatic rings. The fourth-order valence-corrected chi connectivity index (χ4v) is 16.4. The van der Waals surface area contributed by atoms with E-state index in [9.17, 15) is 0 Å². The fraction of sp³-hybridized carbons (Fsp3) is 0.463. The van der Waals surface area contributed by atoms with Crippen molar-refractivity contribution in [3.8, 4) is 11.1 Å². The highest BCUT2D eigenvalue weighted by Gasteiger charge is 2.63. The normalized spacial score (nSPS) is 25.2. The highest BCUT2D eigenvalue weighted by atomic mass is 28.3. The standard InChI is InChI=1S/C67H82BN3Si/c1-61(2,3)44-26-29-54(49(36-44)43-24-18-17-19-25-43)69-56-30-27-45(62(4,5)6)38-52(56)68-53-39-46(63(7,8)9)37-51-60(53)71(67(13)35-23-21-33-65(51,67)11)58-41-47(40-57(69)59(58)68)70-55-31-28-48(72(14,15)16)42-50(55)64(10)32-20-22-34-66(64,70)12/h17-19,24-31,36-42H,20-23,32-35H2,1-16H3. The van der Waals surface area contributed by atoms with E-state index in [0.717, 1.165) is 0 Å². The molecule has 0 spiro atoms. The molecule has 72 heavy (non-hydrogen) atoms. The first-order valence-electron chi connectivity index (χ1n) is 28.0. The van der Waals surface area contributed by atoms with Crippen LogP contribution in [0.3, 0.4) is 0 Å². The molecule has 2 saturated carbocycles. The van der Waals surface area contributed by atoms with Crippen LogP contribution in [0.1, 0.15) is 169 Å². The van der Waals surface area contributed by atoms with Gasteiger partial charge in [-0.3, -0.25) is 0 Å². The summed E-state index contributed by atoms with van der Waals surface area (Å²) in [6.07, 6.45) is 9.83. The Morgan fingerprint density at radius 2 is 1.01 bits per heavy atom. The van der Waals surface area contributed by atoms with Crippen molar-refractivity contribution in [2.45, 2.75) is 199 Å². The van der Waals surface area contributed by atoms with E-state index in [1.807, 2.05) is 0 Å². The first kappa shape index (κ1) is 48.0. The first-order chi connectivity index (χ1) is 33.7. The Labute approximate surface area is 435 Å². The molecular weight excluding hydrogens is 886 g/mol. The van der Waals surface area contributed by atoms with E-state index in [4.69, 9.17) is 0 Å². The lowest BCUT2D eigenvalue weighted by atomic mass is 9.33. The second-order valence-corrected chi connectivity index (χ2v) is 33.6. The van der Waals surface area contributed by atoms with Gasteiger partial charge in [-0.1, -0.05) is 199 Å². The SMILES string of the molecule is CC(C)(C)c1ccc2c(c1)B1c3cc(C(C)(C)C)cc4c3N(c3cc(N5c6ccc([Si](C)(C)C)cc6C6(C)CCCCC56C)cc(c31)N2c1ccc(C(C)(C)C)cc1-c1ccccc1)C1(C)CCCCC41C. The zero-order valence-corrected chi connectivity index (χ0v) is 48.0. The van der Waals surface area contributed by atoms with Crippen LogP contribution in [-0.2, 0) is 27.1 Å². The summed E-state index contributed by atoms with van der Waals surface area (Å²) in [6, 6.07) is 44.9. The lowest BCUT2D eigenvalue weighted by Gasteiger charge is -2.54. The Balaban J connectivity index is 1.24. The maximum absolute atomic E-state index is 2.98. The third-order valence-corrected chi connectivity index (χ3v) is 22.2. The van der Waals surface area contributed by atoms with Crippen LogP contribution in [-0.4, -0.2) is 25.9 Å². The van der Waals surface area contributed by atoms with Crippen molar-refractivity contribution < 1.29 is 0 Å². The Morgan fingerprint density at radius 3 is 1.64 bits per heavy atom. The molecule has 2 aliphatic carbocycles. The molecule has 0 saturated heterocycles. The van der Waals surface area contributed by atoms with Gasteiger partial charge in [0.15, 0.2) is 0 Å². The average molecular weight is 968 g/mol. The van der Waals surface area contributed by atoms with Crippen molar-refractivity contribution in [1.82, 2.24) is 0 Å². The van der Waals surface area contributed by atoms with E-state index in [1.54, 1.807) is 16.3 Å². The minimum absolute atomic E-state index is 0.00652. The number of rotatable bonds is 4. The van der Waals surface area contributed by atoms with Crippen molar-refractivity contribution in [1.29, 1.82) is 0 Å². The number of anilines is 7. The number of hydrogen-bond donors (Lipinski definition) is 0. The molecule has 0 bridgehead atoms. The molecule has 0 amide bonds. The van der Waals surface area contributed by atoms with Crippen LogP contribution in [0.25, 0.3) is 11.1 Å². The van der Waals surface area contributed by atoms with E-state index >= 15 is 0 Å². The molecule has 0 N–H and O–H groups in total. The lowest BCUT2D eigenvalue weighted by molar-refractivity contribution is 0.194. The zero-order valence-electron chi connectivity index (χ0n) is 47.0. The first-order valence-corrected chi connectivity index (χ1v) is 31.5. The quantitative estimate of drug-likeness (QED) is 0.163. The number of hydrogen-bond acceptors (Lipinski definition) is 3. The van der Waals surface area contributed by atoms with Crippen molar-refractivity contribution in [3.63, 3.8) is 0 Å². The summed E-state index contributed by atoms with van der Waals surface area (Å²) in [5.74, 6) is 0. The monoisotopic (exact) mass is 968 g/mol. The molecule has 372 valence electrons. The lowest BCUT2D eigenvalue weighted by Crippen LogP contribution is -2.65. The Bertz CT molecular complexity index is 3230. The highest BCUT2D eigenvalue weighted by Crippen LogP contribution is 2.65. The third-order valence-electron chi connectivity index (χ3n) is 20.2. The number of benzene rings is 6. The predicted molar refractivity (Wildman–Crippen MR) is 316 cm³/mol. The van der Waals surface area contributed by atoms with E-state index < -0.39 is 8.07 Å². The number of fused-ring (bicyclic) bond motifs is 10. The smallest absolute Gasteiger partial charge is 0.252 e. The van der Waals surface area contributed by atoms with Crippen LogP contribution >= 0.6 is 0 Å². The van der Waals surface area contributed by atoms with E-state index in [-0.39, 0.29) is 44.9 Å². The summed E-state index contributed by atoms with van der Waals surface area (Å²) in [5.41, 5.74) is 23.7. The Kier molecular flexibility index (Phi) is 10.2. The Hall–Kier alpha value is -5.00. The van der Waals surface area contributed by atoms with Gasteiger partial charge >= 0.3 is 0 Å². The van der Waals surface area contributed by atoms with Crippen LogP contribution in [0.4, 0.5) is 39.8 Å². The summed E-state index contributed by atoms with van der Waals surface area (Å²) in [4.78, 5) is 8.63. The van der Waals surface area contributed by atoms with Crippen molar-refractivity contribution >= 4 is 76.2 Å². The van der Waals surface area contributed by atoms with Gasteiger partial charge in [-0.05, 0) is 142 Å². The molecule has 4 aliphatic heterocycles. The minimum Gasteiger partial charge on any atom is -0.335 e. The van der Waals surface area contributed by atoms with Gasteiger partial charge < -0.3 is 14.7 Å². The van der Waals surface area contributed by atoms with Crippen LogP contribution in [0.2, 0.25) is 19.6 Å². The van der Waals surface area contributed by atoms with Crippen LogP contribution in [0, 0.1) is 0 Å². The molecule has 0 radical (unpaired) electrons. The van der Waals surface area contributed by atoms with Gasteiger partial charge in [0.25, 0.3) is 6.71 Å². The molecule has 0 aromatic heterocycles. The summed E-state index contributed by atoms with van der Waals surface area (Å²) >= 11 is 0. The molecule has 4 atom stereocenters. The average Bonchev–Trinajstić information content (AvgIpc) is 3.66. The summed E-state index contributed by atoms with van der Waals surface area (Å²) < 4.78 is 0. The van der Waals surface area contributed by atoms with E-state index in [1.165, 1.54) is 135 Å². The topological polar surface area (TPSA) is 9.72 Å². The summed E-state index contributed by atoms with van der Waals surface area (Å²) in [7, 11) is -1.59. The fourth-order valence-electron chi connectivity index (χ4n) is 15.3. The van der Waals surface area contributed by atoms with Gasteiger partial charge in [0.05, 0.1) is 24.8 Å². The molecule has 5 heteroatoms. The minimum atomic E-state index is -1.59. The maximum Gasteiger partial charge on any atom is 0.252 e. The molecule has 3 nitrogen and oxygen atoms in total. The molecule has 6 aliphatic rings. The van der Waals surface area contributed by atoms with E-state index in [2.05, 4.69) is 234 Å². The molecule has 4 heterocycles. The molecule has 4 unspecified atom stereocenters. The molecule has 2 fully saturated rings. The molecular formula is C67H82BN3Si. The predicted octanol–water partition coefficient (Wildman–Crippen LogP) is 15.9. The van der Waals surface area contributed by atoms with Crippen LogP contribution < -0.4 is 36.3 Å². The van der Waals surface area contributed by atoms with Gasteiger partial charge in [-0.25, -0.2) is 0 Å². The maximum atomic E-state index is 2.98. The second-order valence-electron chi connectivity index (χ2n) is 28.5. The van der Waals surface area contributed by atoms with Crippen LogP contribution in [0.5, 0.6) is 0 Å². The van der Waals surface area contributed by atoms with Crippen molar-refractivity contribution in [2.75, 3.05) is 14.7 Å². The van der Waals surface area contributed by atoms with E-state index in [0.29, 0.717) is 0 Å². The number of nitrogens with zero attached hydrogens (tertiary/aromatic N) is 3.